The summed E-state index contributed by atoms with van der Waals surface area (Å²) in [4.78, 5) is 42.5. The lowest BCUT2D eigenvalue weighted by Crippen LogP contribution is -2.57. The van der Waals surface area contributed by atoms with Crippen LogP contribution >= 0.6 is 39.1 Å². The predicted molar refractivity (Wildman–Crippen MR) is 156 cm³/mol. The highest BCUT2D eigenvalue weighted by molar-refractivity contribution is 9.10. The quantitative estimate of drug-likeness (QED) is 0.162. The van der Waals surface area contributed by atoms with Crippen molar-refractivity contribution in [1.82, 2.24) is 0 Å². The summed E-state index contributed by atoms with van der Waals surface area (Å²) in [5.74, 6) is -0.883. The second kappa shape index (κ2) is 11.5. The van der Waals surface area contributed by atoms with Crippen molar-refractivity contribution in [1.29, 1.82) is 0 Å². The Morgan fingerprint density at radius 3 is 1.87 bits per heavy atom. The molecule has 4 aromatic rings. The molecule has 1 fully saturated rings. The van der Waals surface area contributed by atoms with Crippen LogP contribution in [0.4, 0.5) is 16.2 Å². The molecule has 4 aromatic carbocycles. The Morgan fingerprint density at radius 1 is 0.744 bits per heavy atom. The number of benzene rings is 4. The third kappa shape index (κ3) is 5.61. The Hall–Kier alpha value is -3.91. The minimum Gasteiger partial charge on any atom is -0.488 e. The first-order valence-corrected chi connectivity index (χ1v) is 13.3. The second-order valence-electron chi connectivity index (χ2n) is 8.51. The van der Waals surface area contributed by atoms with Crippen molar-refractivity contribution in [3.8, 4) is 5.75 Å². The summed E-state index contributed by atoms with van der Waals surface area (Å²) in [7, 11) is 0. The van der Waals surface area contributed by atoms with Crippen molar-refractivity contribution >= 4 is 74.4 Å². The van der Waals surface area contributed by atoms with E-state index in [1.165, 1.54) is 6.08 Å². The van der Waals surface area contributed by atoms with Gasteiger partial charge in [-0.15, -0.1) is 0 Å². The van der Waals surface area contributed by atoms with Gasteiger partial charge < -0.3 is 4.74 Å². The Morgan fingerprint density at radius 2 is 1.33 bits per heavy atom. The van der Waals surface area contributed by atoms with Crippen LogP contribution in [0.2, 0.25) is 10.0 Å². The zero-order valence-corrected chi connectivity index (χ0v) is 23.3. The molecule has 0 atom stereocenters. The molecule has 0 radical (unpaired) electrons. The Balaban J connectivity index is 1.47. The number of carbonyl (C=O) groups is 3. The first kappa shape index (κ1) is 26.7. The van der Waals surface area contributed by atoms with Crippen LogP contribution in [0.1, 0.15) is 11.1 Å². The normalized spacial score (nSPS) is 13.6. The van der Waals surface area contributed by atoms with Gasteiger partial charge in [-0.2, -0.15) is 0 Å². The molecule has 0 saturated carbocycles. The molecule has 1 saturated heterocycles. The molecule has 0 unspecified atom stereocenters. The van der Waals surface area contributed by atoms with Crippen molar-refractivity contribution in [2.45, 2.75) is 6.61 Å². The van der Waals surface area contributed by atoms with E-state index in [-0.39, 0.29) is 12.2 Å². The molecular weight excluding hydrogens is 603 g/mol. The van der Waals surface area contributed by atoms with Crippen molar-refractivity contribution in [2.24, 2.45) is 0 Å². The van der Waals surface area contributed by atoms with Gasteiger partial charge in [-0.1, -0.05) is 71.7 Å². The molecule has 4 amide bonds. The first-order valence-electron chi connectivity index (χ1n) is 11.7. The van der Waals surface area contributed by atoms with Crippen LogP contribution in [-0.2, 0) is 16.2 Å². The monoisotopic (exact) mass is 620 g/mol. The average Bonchev–Trinajstić information content (AvgIpc) is 2.93. The van der Waals surface area contributed by atoms with E-state index >= 15 is 0 Å². The summed E-state index contributed by atoms with van der Waals surface area (Å²) < 4.78 is 6.51. The van der Waals surface area contributed by atoms with E-state index in [1.807, 2.05) is 0 Å². The number of hydrogen-bond donors (Lipinski definition) is 0. The lowest BCUT2D eigenvalue weighted by Gasteiger charge is -2.33. The SMILES string of the molecule is O=C1C(=Cc2ccc(OCc3ccc(Cl)cc3Cl)c(Br)c2)C(=O)N(c2ccccc2)C(=O)N1c1ccccc1. The van der Waals surface area contributed by atoms with Gasteiger partial charge in [0.25, 0.3) is 11.8 Å². The summed E-state index contributed by atoms with van der Waals surface area (Å²) >= 11 is 15.7. The fourth-order valence-electron chi connectivity index (χ4n) is 4.02. The number of carbonyl (C=O) groups excluding carboxylic acids is 3. The van der Waals surface area contributed by atoms with E-state index in [0.29, 0.717) is 37.2 Å². The van der Waals surface area contributed by atoms with E-state index < -0.39 is 17.8 Å². The lowest BCUT2D eigenvalue weighted by molar-refractivity contribution is -0.121. The maximum absolute atomic E-state index is 13.5. The number of barbiturate groups is 1. The number of halogens is 3. The molecule has 0 aromatic heterocycles. The van der Waals surface area contributed by atoms with Crippen molar-refractivity contribution in [3.63, 3.8) is 0 Å². The van der Waals surface area contributed by atoms with Crippen LogP contribution < -0.4 is 14.5 Å². The van der Waals surface area contributed by atoms with E-state index in [9.17, 15) is 14.4 Å². The predicted octanol–water partition coefficient (Wildman–Crippen LogP) is 7.92. The summed E-state index contributed by atoms with van der Waals surface area (Å²) in [5.41, 5.74) is 1.89. The van der Waals surface area contributed by atoms with Gasteiger partial charge in [-0.05, 0) is 76.1 Å². The standard InChI is InChI=1S/C30H19BrCl2N2O4/c31-25-16-19(11-14-27(25)39-18-20-12-13-21(32)17-26(20)33)15-24-28(36)34(22-7-3-1-4-8-22)30(38)35(29(24)37)23-9-5-2-6-10-23/h1-17H,18H2. The third-order valence-electron chi connectivity index (χ3n) is 5.94. The Bertz CT molecular complexity index is 1550. The smallest absolute Gasteiger partial charge is 0.343 e. The van der Waals surface area contributed by atoms with Gasteiger partial charge in [0.05, 0.1) is 15.8 Å². The molecule has 0 spiro atoms. The third-order valence-corrected chi connectivity index (χ3v) is 7.15. The minimum absolute atomic E-state index is 0.157. The fraction of sp³-hybridized carbons (Fsp3) is 0.0333. The molecule has 1 aliphatic rings. The van der Waals surface area contributed by atoms with Crippen LogP contribution in [0.5, 0.6) is 5.75 Å². The fourth-order valence-corrected chi connectivity index (χ4v) is 5.00. The van der Waals surface area contributed by atoms with Crippen LogP contribution in [0.25, 0.3) is 6.08 Å². The summed E-state index contributed by atoms with van der Waals surface area (Å²) in [5, 5.41) is 1.03. The molecule has 5 rings (SSSR count). The van der Waals surface area contributed by atoms with Crippen LogP contribution in [0, 0.1) is 0 Å². The maximum atomic E-state index is 13.5. The molecule has 39 heavy (non-hydrogen) atoms. The summed E-state index contributed by atoms with van der Waals surface area (Å²) in [6.07, 6.45) is 1.47. The lowest BCUT2D eigenvalue weighted by atomic mass is 10.0. The zero-order valence-electron chi connectivity index (χ0n) is 20.2. The molecule has 0 bridgehead atoms. The highest BCUT2D eigenvalue weighted by Gasteiger charge is 2.43. The van der Waals surface area contributed by atoms with Gasteiger partial charge in [0.1, 0.15) is 17.9 Å². The van der Waals surface area contributed by atoms with Gasteiger partial charge in [0, 0.05) is 15.6 Å². The summed E-state index contributed by atoms with van der Waals surface area (Å²) in [6, 6.07) is 26.6. The molecular formula is C30H19BrCl2N2O4. The van der Waals surface area contributed by atoms with Crippen molar-refractivity contribution in [2.75, 3.05) is 9.80 Å². The number of urea groups is 1. The number of imide groups is 2. The number of nitrogens with zero attached hydrogens (tertiary/aromatic N) is 2. The number of amides is 4. The molecule has 0 aliphatic carbocycles. The van der Waals surface area contributed by atoms with Gasteiger partial charge in [-0.3, -0.25) is 9.59 Å². The number of ether oxygens (including phenoxy) is 1. The molecule has 9 heteroatoms. The molecule has 0 N–H and O–H groups in total. The number of anilines is 2. The number of para-hydroxylation sites is 2. The topological polar surface area (TPSA) is 66.9 Å². The molecule has 1 aliphatic heterocycles. The van der Waals surface area contributed by atoms with Gasteiger partial charge >= 0.3 is 6.03 Å². The zero-order chi connectivity index (χ0) is 27.5. The van der Waals surface area contributed by atoms with Crippen LogP contribution in [0.15, 0.2) is 107 Å². The number of rotatable bonds is 6. The van der Waals surface area contributed by atoms with E-state index in [1.54, 1.807) is 97.1 Å². The average molecular weight is 622 g/mol. The van der Waals surface area contributed by atoms with E-state index in [4.69, 9.17) is 27.9 Å². The Kier molecular flexibility index (Phi) is 7.84. The largest absolute Gasteiger partial charge is 0.488 e. The minimum atomic E-state index is -0.745. The van der Waals surface area contributed by atoms with Crippen LogP contribution in [-0.4, -0.2) is 17.8 Å². The molecule has 194 valence electrons. The van der Waals surface area contributed by atoms with Crippen LogP contribution in [0.3, 0.4) is 0 Å². The molecule has 1 heterocycles. The van der Waals surface area contributed by atoms with E-state index in [2.05, 4.69) is 15.9 Å². The first-order chi connectivity index (χ1) is 18.8. The highest BCUT2D eigenvalue weighted by Crippen LogP contribution is 2.32. The maximum Gasteiger partial charge on any atom is 0.343 e. The van der Waals surface area contributed by atoms with Gasteiger partial charge in [0.2, 0.25) is 0 Å². The van der Waals surface area contributed by atoms with Crippen molar-refractivity contribution < 1.29 is 19.1 Å². The second-order valence-corrected chi connectivity index (χ2v) is 10.2. The van der Waals surface area contributed by atoms with Crippen molar-refractivity contribution in [3.05, 3.63) is 128 Å². The van der Waals surface area contributed by atoms with Gasteiger partial charge in [-0.25, -0.2) is 14.6 Å². The number of hydrogen-bond acceptors (Lipinski definition) is 4. The molecule has 6 nitrogen and oxygen atoms in total. The Labute approximate surface area is 243 Å². The van der Waals surface area contributed by atoms with E-state index in [0.717, 1.165) is 15.4 Å². The summed E-state index contributed by atoms with van der Waals surface area (Å²) in [6.45, 7) is 0.214. The highest BCUT2D eigenvalue weighted by atomic mass is 79.9. The van der Waals surface area contributed by atoms with Gasteiger partial charge in [0.15, 0.2) is 0 Å².